The minimum Gasteiger partial charge on any atom is -0.334 e. The average Bonchev–Trinajstić information content (AvgIpc) is 2.59. The van der Waals surface area contributed by atoms with E-state index < -0.39 is 11.6 Å². The van der Waals surface area contributed by atoms with Crippen molar-refractivity contribution in [3.8, 4) is 11.3 Å². The number of imidazole rings is 1. The number of hydrogen-bond acceptors (Lipinski definition) is 2. The highest BCUT2D eigenvalue weighted by molar-refractivity contribution is 5.63. The maximum atomic E-state index is 13.6. The Hall–Kier alpha value is -1.75. The Labute approximate surface area is 97.9 Å². The number of aromatic nitrogens is 2. The molecule has 0 bridgehead atoms. The van der Waals surface area contributed by atoms with Crippen LogP contribution in [0.25, 0.3) is 11.3 Å². The number of nitrogens with zero attached hydrogens (tertiary/aromatic N) is 2. The van der Waals surface area contributed by atoms with Gasteiger partial charge in [0.1, 0.15) is 17.5 Å². The molecule has 1 heterocycles. The largest absolute Gasteiger partial charge is 0.334 e. The van der Waals surface area contributed by atoms with Crippen molar-refractivity contribution in [3.05, 3.63) is 41.4 Å². The number of rotatable bonds is 2. The quantitative estimate of drug-likeness (QED) is 0.869. The smallest absolute Gasteiger partial charge is 0.132 e. The summed E-state index contributed by atoms with van der Waals surface area (Å²) in [6.07, 6.45) is 0. The zero-order chi connectivity index (χ0) is 12.6. The van der Waals surface area contributed by atoms with Gasteiger partial charge in [0, 0.05) is 18.3 Å². The summed E-state index contributed by atoms with van der Waals surface area (Å²) in [7, 11) is 1.80. The van der Waals surface area contributed by atoms with E-state index in [-0.39, 0.29) is 12.1 Å². The molecule has 0 saturated carbocycles. The first-order valence-corrected chi connectivity index (χ1v) is 5.22. The number of hydrogen-bond donors (Lipinski definition) is 1. The van der Waals surface area contributed by atoms with Crippen LogP contribution in [0.3, 0.4) is 0 Å². The molecule has 0 radical (unpaired) electrons. The van der Waals surface area contributed by atoms with Gasteiger partial charge in [0.05, 0.1) is 12.2 Å². The van der Waals surface area contributed by atoms with Gasteiger partial charge >= 0.3 is 0 Å². The molecule has 90 valence electrons. The van der Waals surface area contributed by atoms with Crippen LogP contribution >= 0.6 is 0 Å². The fourth-order valence-electron chi connectivity index (χ4n) is 1.75. The molecular formula is C12H13F2N3. The van der Waals surface area contributed by atoms with E-state index in [2.05, 4.69) is 4.98 Å². The van der Waals surface area contributed by atoms with E-state index in [1.807, 2.05) is 0 Å². The van der Waals surface area contributed by atoms with Gasteiger partial charge in [-0.25, -0.2) is 13.8 Å². The summed E-state index contributed by atoms with van der Waals surface area (Å²) in [6, 6.07) is 3.33. The predicted molar refractivity (Wildman–Crippen MR) is 61.2 cm³/mol. The molecule has 0 aliphatic rings. The second-order valence-electron chi connectivity index (χ2n) is 3.85. The van der Waals surface area contributed by atoms with Crippen LogP contribution in [-0.4, -0.2) is 9.55 Å². The summed E-state index contributed by atoms with van der Waals surface area (Å²) in [5.41, 5.74) is 6.89. The van der Waals surface area contributed by atoms with Crippen molar-refractivity contribution >= 4 is 0 Å². The van der Waals surface area contributed by atoms with Crippen LogP contribution in [0, 0.1) is 18.6 Å². The molecule has 17 heavy (non-hydrogen) atoms. The normalized spacial score (nSPS) is 10.9. The molecule has 0 amide bonds. The Morgan fingerprint density at radius 3 is 2.65 bits per heavy atom. The standard InChI is InChI=1S/C12H13F2N3/c1-7-12(16-11(6-15)17(7)2)9-5-8(13)3-4-10(9)14/h3-5H,6,15H2,1-2H3. The molecule has 0 fully saturated rings. The molecule has 0 unspecified atom stereocenters. The summed E-state index contributed by atoms with van der Waals surface area (Å²) in [4.78, 5) is 4.23. The lowest BCUT2D eigenvalue weighted by molar-refractivity contribution is 0.602. The Bertz CT molecular complexity index is 561. The monoisotopic (exact) mass is 237 g/mol. The first-order valence-electron chi connectivity index (χ1n) is 5.22. The van der Waals surface area contributed by atoms with Crippen LogP contribution in [0.15, 0.2) is 18.2 Å². The Balaban J connectivity index is 2.64. The van der Waals surface area contributed by atoms with Crippen molar-refractivity contribution in [1.29, 1.82) is 0 Å². The van der Waals surface area contributed by atoms with Gasteiger partial charge in [0.25, 0.3) is 0 Å². The second-order valence-corrected chi connectivity index (χ2v) is 3.85. The number of nitrogens with two attached hydrogens (primary N) is 1. The fraction of sp³-hybridized carbons (Fsp3) is 0.250. The zero-order valence-corrected chi connectivity index (χ0v) is 9.67. The Kier molecular flexibility index (Phi) is 2.93. The molecule has 2 rings (SSSR count). The molecule has 0 saturated heterocycles. The van der Waals surface area contributed by atoms with E-state index in [0.717, 1.165) is 23.9 Å². The summed E-state index contributed by atoms with van der Waals surface area (Å²) >= 11 is 0. The van der Waals surface area contributed by atoms with Crippen LogP contribution in [0.2, 0.25) is 0 Å². The highest BCUT2D eigenvalue weighted by Gasteiger charge is 2.15. The number of benzene rings is 1. The molecule has 0 aliphatic heterocycles. The topological polar surface area (TPSA) is 43.8 Å². The van der Waals surface area contributed by atoms with Crippen molar-refractivity contribution in [2.45, 2.75) is 13.5 Å². The van der Waals surface area contributed by atoms with E-state index in [1.54, 1.807) is 18.5 Å². The molecule has 1 aromatic carbocycles. The van der Waals surface area contributed by atoms with Crippen LogP contribution in [0.5, 0.6) is 0 Å². The molecule has 5 heteroatoms. The minimum absolute atomic E-state index is 0.165. The molecule has 3 nitrogen and oxygen atoms in total. The zero-order valence-electron chi connectivity index (χ0n) is 9.67. The van der Waals surface area contributed by atoms with E-state index >= 15 is 0 Å². The molecular weight excluding hydrogens is 224 g/mol. The van der Waals surface area contributed by atoms with Gasteiger partial charge in [-0.3, -0.25) is 0 Å². The van der Waals surface area contributed by atoms with Gasteiger partial charge in [-0.2, -0.15) is 0 Å². The summed E-state index contributed by atoms with van der Waals surface area (Å²) < 4.78 is 28.5. The van der Waals surface area contributed by atoms with Crippen molar-refractivity contribution in [2.75, 3.05) is 0 Å². The third kappa shape index (κ3) is 1.93. The first-order chi connectivity index (χ1) is 8.04. The van der Waals surface area contributed by atoms with Crippen molar-refractivity contribution in [1.82, 2.24) is 9.55 Å². The Morgan fingerprint density at radius 1 is 1.35 bits per heavy atom. The molecule has 1 aromatic heterocycles. The highest BCUT2D eigenvalue weighted by Crippen LogP contribution is 2.26. The summed E-state index contributed by atoms with van der Waals surface area (Å²) in [6.45, 7) is 2.06. The molecule has 0 aliphatic carbocycles. The summed E-state index contributed by atoms with van der Waals surface area (Å²) in [5.74, 6) is -0.335. The molecule has 0 spiro atoms. The lowest BCUT2D eigenvalue weighted by Crippen LogP contribution is -2.05. The third-order valence-corrected chi connectivity index (χ3v) is 2.84. The van der Waals surface area contributed by atoms with Crippen molar-refractivity contribution < 1.29 is 8.78 Å². The van der Waals surface area contributed by atoms with E-state index in [9.17, 15) is 8.78 Å². The van der Waals surface area contributed by atoms with Crippen molar-refractivity contribution in [2.24, 2.45) is 12.8 Å². The first kappa shape index (κ1) is 11.7. The molecule has 2 N–H and O–H groups in total. The minimum atomic E-state index is -0.490. The lowest BCUT2D eigenvalue weighted by Gasteiger charge is -2.02. The van der Waals surface area contributed by atoms with E-state index in [0.29, 0.717) is 11.5 Å². The Morgan fingerprint density at radius 2 is 2.06 bits per heavy atom. The van der Waals surface area contributed by atoms with Crippen molar-refractivity contribution in [3.63, 3.8) is 0 Å². The van der Waals surface area contributed by atoms with Crippen LogP contribution in [0.4, 0.5) is 8.78 Å². The molecule has 2 aromatic rings. The fourth-order valence-corrected chi connectivity index (χ4v) is 1.75. The maximum Gasteiger partial charge on any atom is 0.132 e. The summed E-state index contributed by atoms with van der Waals surface area (Å²) in [5, 5.41) is 0. The van der Waals surface area contributed by atoms with Gasteiger partial charge in [0.15, 0.2) is 0 Å². The van der Waals surface area contributed by atoms with E-state index in [1.165, 1.54) is 0 Å². The SMILES string of the molecule is Cc1c(-c2cc(F)ccc2F)nc(CN)n1C. The van der Waals surface area contributed by atoms with Gasteiger partial charge < -0.3 is 10.3 Å². The third-order valence-electron chi connectivity index (χ3n) is 2.84. The predicted octanol–water partition coefficient (Wildman–Crippen LogP) is 2.13. The number of halogens is 2. The maximum absolute atomic E-state index is 13.6. The van der Waals surface area contributed by atoms with Crippen LogP contribution in [0.1, 0.15) is 11.5 Å². The molecule has 0 atom stereocenters. The lowest BCUT2D eigenvalue weighted by atomic mass is 10.1. The highest BCUT2D eigenvalue weighted by atomic mass is 19.1. The second kappa shape index (κ2) is 4.25. The average molecular weight is 237 g/mol. The van der Waals surface area contributed by atoms with Gasteiger partial charge in [-0.1, -0.05) is 0 Å². The van der Waals surface area contributed by atoms with Gasteiger partial charge in [-0.05, 0) is 25.1 Å². The van der Waals surface area contributed by atoms with E-state index in [4.69, 9.17) is 5.73 Å². The van der Waals surface area contributed by atoms with Crippen LogP contribution in [-0.2, 0) is 13.6 Å². The van der Waals surface area contributed by atoms with Crippen LogP contribution < -0.4 is 5.73 Å². The van der Waals surface area contributed by atoms with Gasteiger partial charge in [-0.15, -0.1) is 0 Å². The van der Waals surface area contributed by atoms with Gasteiger partial charge in [0.2, 0.25) is 0 Å².